The lowest BCUT2D eigenvalue weighted by Gasteiger charge is -2.18. The van der Waals surface area contributed by atoms with Crippen LogP contribution >= 0.6 is 0 Å². The zero-order valence-corrected chi connectivity index (χ0v) is 9.32. The summed E-state index contributed by atoms with van der Waals surface area (Å²) in [6.45, 7) is 5.99. The second-order valence-electron chi connectivity index (χ2n) is 4.01. The SMILES string of the molecule is C/C(=C/CNC(C)C1CCOC1)C(=O)O. The lowest BCUT2D eigenvalue weighted by atomic mass is 10.0. The van der Waals surface area contributed by atoms with Crippen LogP contribution in [0.5, 0.6) is 0 Å². The van der Waals surface area contributed by atoms with Crippen molar-refractivity contribution in [1.82, 2.24) is 5.32 Å². The van der Waals surface area contributed by atoms with Crippen LogP contribution in [0.15, 0.2) is 11.6 Å². The number of ether oxygens (including phenoxy) is 1. The van der Waals surface area contributed by atoms with Gasteiger partial charge >= 0.3 is 5.97 Å². The van der Waals surface area contributed by atoms with Crippen molar-refractivity contribution in [3.63, 3.8) is 0 Å². The summed E-state index contributed by atoms with van der Waals surface area (Å²) < 4.78 is 5.29. The van der Waals surface area contributed by atoms with Gasteiger partial charge < -0.3 is 15.2 Å². The number of carboxylic acids is 1. The van der Waals surface area contributed by atoms with Crippen LogP contribution in [0.4, 0.5) is 0 Å². The first-order valence-corrected chi connectivity index (χ1v) is 5.32. The van der Waals surface area contributed by atoms with Gasteiger partial charge in [0, 0.05) is 24.8 Å². The molecule has 0 radical (unpaired) electrons. The molecule has 0 aliphatic carbocycles. The molecule has 1 aliphatic heterocycles. The summed E-state index contributed by atoms with van der Waals surface area (Å²) in [4.78, 5) is 10.5. The summed E-state index contributed by atoms with van der Waals surface area (Å²) in [6, 6.07) is 0.380. The van der Waals surface area contributed by atoms with E-state index in [2.05, 4.69) is 12.2 Å². The lowest BCUT2D eigenvalue weighted by Crippen LogP contribution is -2.34. The third-order valence-corrected chi connectivity index (χ3v) is 2.86. The average Bonchev–Trinajstić information content (AvgIpc) is 2.70. The molecule has 0 amide bonds. The van der Waals surface area contributed by atoms with E-state index in [0.29, 0.717) is 24.1 Å². The molecule has 4 heteroatoms. The van der Waals surface area contributed by atoms with Crippen molar-refractivity contribution < 1.29 is 14.6 Å². The van der Waals surface area contributed by atoms with E-state index >= 15 is 0 Å². The predicted molar refractivity (Wildman–Crippen MR) is 57.8 cm³/mol. The molecule has 2 N–H and O–H groups in total. The van der Waals surface area contributed by atoms with Gasteiger partial charge in [0.1, 0.15) is 0 Å². The van der Waals surface area contributed by atoms with Crippen LogP contribution in [-0.4, -0.2) is 36.9 Å². The van der Waals surface area contributed by atoms with Crippen molar-refractivity contribution >= 4 is 5.97 Å². The molecule has 2 atom stereocenters. The predicted octanol–water partition coefficient (Wildman–Crippen LogP) is 1.03. The molecule has 4 nitrogen and oxygen atoms in total. The Labute approximate surface area is 90.3 Å². The molecular formula is C11H19NO3. The molecule has 0 bridgehead atoms. The summed E-state index contributed by atoms with van der Waals surface area (Å²) in [5, 5.41) is 11.9. The number of aliphatic carboxylic acids is 1. The molecule has 1 fully saturated rings. The van der Waals surface area contributed by atoms with E-state index in [1.165, 1.54) is 0 Å². The van der Waals surface area contributed by atoms with Crippen molar-refractivity contribution in [3.05, 3.63) is 11.6 Å². The maximum absolute atomic E-state index is 10.5. The van der Waals surface area contributed by atoms with Crippen molar-refractivity contribution in [2.24, 2.45) is 5.92 Å². The molecule has 1 heterocycles. The van der Waals surface area contributed by atoms with E-state index < -0.39 is 5.97 Å². The molecule has 2 unspecified atom stereocenters. The smallest absolute Gasteiger partial charge is 0.330 e. The van der Waals surface area contributed by atoms with Gasteiger partial charge in [0.2, 0.25) is 0 Å². The third-order valence-electron chi connectivity index (χ3n) is 2.86. The van der Waals surface area contributed by atoms with Crippen LogP contribution in [-0.2, 0) is 9.53 Å². The molecule has 15 heavy (non-hydrogen) atoms. The van der Waals surface area contributed by atoms with Gasteiger partial charge in [0.05, 0.1) is 6.61 Å². The standard InChI is InChI=1S/C11H19NO3/c1-8(11(13)14)3-5-12-9(2)10-4-6-15-7-10/h3,9-10,12H,4-7H2,1-2H3,(H,13,14)/b8-3-. The second-order valence-corrected chi connectivity index (χ2v) is 4.01. The van der Waals surface area contributed by atoms with Gasteiger partial charge in [0.15, 0.2) is 0 Å². The first kappa shape index (κ1) is 12.2. The Hall–Kier alpha value is -0.870. The number of hydrogen-bond acceptors (Lipinski definition) is 3. The molecule has 0 saturated carbocycles. The fraction of sp³-hybridized carbons (Fsp3) is 0.727. The van der Waals surface area contributed by atoms with Gasteiger partial charge in [-0.05, 0) is 26.2 Å². The van der Waals surface area contributed by atoms with Gasteiger partial charge in [-0.3, -0.25) is 0 Å². The zero-order chi connectivity index (χ0) is 11.3. The first-order chi connectivity index (χ1) is 7.11. The maximum Gasteiger partial charge on any atom is 0.330 e. The Kier molecular flexibility index (Phi) is 4.78. The molecule has 0 aromatic heterocycles. The molecule has 0 aromatic rings. The van der Waals surface area contributed by atoms with Crippen LogP contribution in [0.1, 0.15) is 20.3 Å². The van der Waals surface area contributed by atoms with Crippen LogP contribution < -0.4 is 5.32 Å². The summed E-state index contributed by atoms with van der Waals surface area (Å²) in [5.41, 5.74) is 0.386. The van der Waals surface area contributed by atoms with Crippen LogP contribution in [0.3, 0.4) is 0 Å². The van der Waals surface area contributed by atoms with E-state index in [1.807, 2.05) is 0 Å². The Morgan fingerprint density at radius 1 is 1.73 bits per heavy atom. The molecule has 0 spiro atoms. The van der Waals surface area contributed by atoms with Gasteiger partial charge in [-0.15, -0.1) is 0 Å². The van der Waals surface area contributed by atoms with E-state index in [9.17, 15) is 4.79 Å². The summed E-state index contributed by atoms with van der Waals surface area (Å²) in [6.07, 6.45) is 2.80. The molecule has 86 valence electrons. The quantitative estimate of drug-likeness (QED) is 0.670. The summed E-state index contributed by atoms with van der Waals surface area (Å²) in [5.74, 6) is -0.294. The Morgan fingerprint density at radius 2 is 2.47 bits per heavy atom. The van der Waals surface area contributed by atoms with Gasteiger partial charge in [-0.25, -0.2) is 4.79 Å². The topological polar surface area (TPSA) is 58.6 Å². The van der Waals surface area contributed by atoms with Crippen LogP contribution in [0, 0.1) is 5.92 Å². The lowest BCUT2D eigenvalue weighted by molar-refractivity contribution is -0.132. The van der Waals surface area contributed by atoms with E-state index in [0.717, 1.165) is 19.6 Å². The van der Waals surface area contributed by atoms with Crippen molar-refractivity contribution in [2.75, 3.05) is 19.8 Å². The highest BCUT2D eigenvalue weighted by molar-refractivity contribution is 5.85. The number of hydrogen-bond donors (Lipinski definition) is 2. The Balaban J connectivity index is 2.24. The number of nitrogens with one attached hydrogen (secondary N) is 1. The maximum atomic E-state index is 10.5. The fourth-order valence-electron chi connectivity index (χ4n) is 1.60. The molecule has 0 aromatic carbocycles. The molecular weight excluding hydrogens is 194 g/mol. The monoisotopic (exact) mass is 213 g/mol. The number of rotatable bonds is 5. The molecule has 1 saturated heterocycles. The van der Waals surface area contributed by atoms with Crippen molar-refractivity contribution in [2.45, 2.75) is 26.3 Å². The largest absolute Gasteiger partial charge is 0.478 e. The minimum atomic E-state index is -0.853. The molecule has 1 aliphatic rings. The van der Waals surface area contributed by atoms with Gasteiger partial charge in [-0.1, -0.05) is 6.08 Å². The Morgan fingerprint density at radius 3 is 3.00 bits per heavy atom. The number of carbonyl (C=O) groups is 1. The van der Waals surface area contributed by atoms with Gasteiger partial charge in [-0.2, -0.15) is 0 Å². The van der Waals surface area contributed by atoms with Crippen LogP contribution in [0.25, 0.3) is 0 Å². The van der Waals surface area contributed by atoms with Gasteiger partial charge in [0.25, 0.3) is 0 Å². The highest BCUT2D eigenvalue weighted by Gasteiger charge is 2.21. The van der Waals surface area contributed by atoms with E-state index in [1.54, 1.807) is 13.0 Å². The molecule has 1 rings (SSSR count). The highest BCUT2D eigenvalue weighted by Crippen LogP contribution is 2.16. The zero-order valence-electron chi connectivity index (χ0n) is 9.32. The number of carboxylic acid groups (broad SMARTS) is 1. The second kappa shape index (κ2) is 5.88. The van der Waals surface area contributed by atoms with Crippen molar-refractivity contribution in [1.29, 1.82) is 0 Å². The minimum absolute atomic E-state index is 0.380. The minimum Gasteiger partial charge on any atom is -0.478 e. The Bertz CT molecular complexity index is 244. The third kappa shape index (κ3) is 4.01. The van der Waals surface area contributed by atoms with Crippen molar-refractivity contribution in [3.8, 4) is 0 Å². The normalized spacial score (nSPS) is 24.1. The van der Waals surface area contributed by atoms with E-state index in [4.69, 9.17) is 9.84 Å². The summed E-state index contributed by atoms with van der Waals surface area (Å²) >= 11 is 0. The first-order valence-electron chi connectivity index (χ1n) is 5.32. The van der Waals surface area contributed by atoms with E-state index in [-0.39, 0.29) is 0 Å². The highest BCUT2D eigenvalue weighted by atomic mass is 16.5. The summed E-state index contributed by atoms with van der Waals surface area (Å²) in [7, 11) is 0. The fourth-order valence-corrected chi connectivity index (χ4v) is 1.60. The average molecular weight is 213 g/mol. The van der Waals surface area contributed by atoms with Crippen LogP contribution in [0.2, 0.25) is 0 Å².